The molecule has 7 nitrogen and oxygen atoms in total. The summed E-state index contributed by atoms with van der Waals surface area (Å²) < 4.78 is 9.37. The highest BCUT2D eigenvalue weighted by Crippen LogP contribution is 2.16. The molecule has 3 rings (SSSR count). The minimum absolute atomic E-state index is 0.420. The molecule has 1 aliphatic heterocycles. The van der Waals surface area contributed by atoms with Gasteiger partial charge in [0.1, 0.15) is 18.0 Å². The Morgan fingerprint density at radius 3 is 3.00 bits per heavy atom. The summed E-state index contributed by atoms with van der Waals surface area (Å²) >= 11 is 0. The van der Waals surface area contributed by atoms with Gasteiger partial charge in [0.15, 0.2) is 0 Å². The van der Waals surface area contributed by atoms with Gasteiger partial charge in [-0.15, -0.1) is 0 Å². The lowest BCUT2D eigenvalue weighted by Gasteiger charge is -2.22. The molecule has 2 aromatic rings. The summed E-state index contributed by atoms with van der Waals surface area (Å²) in [4.78, 5) is 11.1. The molecule has 0 saturated carbocycles. The Bertz CT molecular complexity index is 563. The minimum Gasteiger partial charge on any atom is -0.384 e. The molecule has 0 N–H and O–H groups in total. The van der Waals surface area contributed by atoms with Crippen molar-refractivity contribution >= 4 is 0 Å². The first-order valence-corrected chi connectivity index (χ1v) is 6.80. The highest BCUT2D eigenvalue weighted by Gasteiger charge is 2.23. The number of imidazole rings is 1. The lowest BCUT2D eigenvalue weighted by atomic mass is 10.1. The van der Waals surface area contributed by atoms with E-state index in [0.29, 0.717) is 5.92 Å². The zero-order valence-electron chi connectivity index (χ0n) is 11.9. The van der Waals surface area contributed by atoms with Crippen molar-refractivity contribution in [3.63, 3.8) is 0 Å². The van der Waals surface area contributed by atoms with Crippen LogP contribution in [0.4, 0.5) is 0 Å². The first-order valence-electron chi connectivity index (χ1n) is 6.80. The minimum atomic E-state index is 0.420. The molecule has 0 amide bonds. The fourth-order valence-corrected chi connectivity index (χ4v) is 2.71. The fraction of sp³-hybridized carbons (Fsp3) is 0.615. The van der Waals surface area contributed by atoms with E-state index in [-0.39, 0.29) is 0 Å². The van der Waals surface area contributed by atoms with Crippen LogP contribution in [0.2, 0.25) is 0 Å². The van der Waals surface area contributed by atoms with Gasteiger partial charge < -0.3 is 9.30 Å². The summed E-state index contributed by atoms with van der Waals surface area (Å²) in [5, 5.41) is 4.30. The third-order valence-electron chi connectivity index (χ3n) is 3.70. The average molecular weight is 276 g/mol. The van der Waals surface area contributed by atoms with Gasteiger partial charge in [0.2, 0.25) is 0 Å². The molecule has 1 aliphatic rings. The van der Waals surface area contributed by atoms with Gasteiger partial charge in [-0.25, -0.2) is 14.6 Å². The van der Waals surface area contributed by atoms with Crippen molar-refractivity contribution in [1.82, 2.24) is 29.2 Å². The van der Waals surface area contributed by atoms with Gasteiger partial charge in [-0.05, 0) is 0 Å². The van der Waals surface area contributed by atoms with E-state index < -0.39 is 0 Å². The Labute approximate surface area is 118 Å². The van der Waals surface area contributed by atoms with E-state index in [0.717, 1.165) is 44.4 Å². The normalized spacial score (nSPS) is 19.8. The Morgan fingerprint density at radius 2 is 2.25 bits per heavy atom. The second-order valence-electron chi connectivity index (χ2n) is 5.30. The number of rotatable bonds is 4. The van der Waals surface area contributed by atoms with Crippen LogP contribution in [0.3, 0.4) is 0 Å². The lowest BCUT2D eigenvalue weighted by molar-refractivity contribution is 0.112. The molecule has 0 aromatic carbocycles. The van der Waals surface area contributed by atoms with Gasteiger partial charge in [0.05, 0.1) is 19.7 Å². The van der Waals surface area contributed by atoms with Crippen LogP contribution < -0.4 is 0 Å². The molecule has 1 unspecified atom stereocenters. The van der Waals surface area contributed by atoms with Crippen LogP contribution in [0.15, 0.2) is 18.7 Å². The number of aryl methyl sites for hydroxylation is 1. The number of aromatic nitrogens is 5. The Hall–Kier alpha value is -1.73. The number of hydrogen-bond acceptors (Lipinski definition) is 5. The Balaban J connectivity index is 1.78. The van der Waals surface area contributed by atoms with E-state index in [1.54, 1.807) is 13.4 Å². The molecule has 0 radical (unpaired) electrons. The van der Waals surface area contributed by atoms with Gasteiger partial charge >= 0.3 is 0 Å². The van der Waals surface area contributed by atoms with E-state index in [2.05, 4.69) is 24.5 Å². The molecule has 20 heavy (non-hydrogen) atoms. The SMILES string of the molecule is COCC1CN(Cc2nccn2C)Cc2ncnn2C1. The summed E-state index contributed by atoms with van der Waals surface area (Å²) in [5.74, 6) is 2.50. The molecule has 0 spiro atoms. The van der Waals surface area contributed by atoms with Crippen LogP contribution in [0, 0.1) is 5.92 Å². The monoisotopic (exact) mass is 276 g/mol. The summed E-state index contributed by atoms with van der Waals surface area (Å²) in [6.07, 6.45) is 5.44. The number of ether oxygens (including phenoxy) is 1. The van der Waals surface area contributed by atoms with E-state index in [9.17, 15) is 0 Å². The van der Waals surface area contributed by atoms with Crippen molar-refractivity contribution in [3.05, 3.63) is 30.4 Å². The highest BCUT2D eigenvalue weighted by molar-refractivity contribution is 4.94. The topological polar surface area (TPSA) is 61.0 Å². The van der Waals surface area contributed by atoms with Crippen LogP contribution in [0.5, 0.6) is 0 Å². The fourth-order valence-electron chi connectivity index (χ4n) is 2.71. The first kappa shape index (κ1) is 13.3. The quantitative estimate of drug-likeness (QED) is 0.803. The van der Waals surface area contributed by atoms with Crippen molar-refractivity contribution in [2.45, 2.75) is 19.6 Å². The molecule has 0 saturated heterocycles. The standard InChI is InChI=1S/C13H20N6O/c1-17-4-3-14-12(17)7-18-5-11(9-20-2)6-19-13(8-18)15-10-16-19/h3-4,10-11H,5-9H2,1-2H3. The molecule has 1 atom stereocenters. The maximum atomic E-state index is 5.33. The lowest BCUT2D eigenvalue weighted by Crippen LogP contribution is -2.30. The summed E-state index contributed by atoms with van der Waals surface area (Å²) in [6.45, 7) is 4.17. The summed E-state index contributed by atoms with van der Waals surface area (Å²) in [7, 11) is 3.77. The second kappa shape index (κ2) is 5.72. The van der Waals surface area contributed by atoms with Gasteiger partial charge in [-0.1, -0.05) is 0 Å². The summed E-state index contributed by atoms with van der Waals surface area (Å²) in [6, 6.07) is 0. The smallest absolute Gasteiger partial charge is 0.141 e. The third-order valence-corrected chi connectivity index (χ3v) is 3.70. The maximum Gasteiger partial charge on any atom is 0.141 e. The number of fused-ring (bicyclic) bond motifs is 1. The second-order valence-corrected chi connectivity index (χ2v) is 5.30. The zero-order valence-corrected chi connectivity index (χ0v) is 11.9. The van der Waals surface area contributed by atoms with Gasteiger partial charge in [0.25, 0.3) is 0 Å². The number of methoxy groups -OCH3 is 1. The zero-order chi connectivity index (χ0) is 13.9. The van der Waals surface area contributed by atoms with E-state index in [4.69, 9.17) is 4.74 Å². The van der Waals surface area contributed by atoms with Crippen molar-refractivity contribution < 1.29 is 4.74 Å². The Kier molecular flexibility index (Phi) is 3.79. The van der Waals surface area contributed by atoms with Crippen LogP contribution >= 0.6 is 0 Å². The average Bonchev–Trinajstić information content (AvgIpc) is 2.97. The number of nitrogens with zero attached hydrogens (tertiary/aromatic N) is 6. The molecule has 108 valence electrons. The van der Waals surface area contributed by atoms with Crippen molar-refractivity contribution in [2.75, 3.05) is 20.3 Å². The van der Waals surface area contributed by atoms with Crippen LogP contribution in [-0.4, -0.2) is 49.5 Å². The van der Waals surface area contributed by atoms with Gasteiger partial charge in [-0.2, -0.15) is 5.10 Å². The van der Waals surface area contributed by atoms with Crippen LogP contribution in [0.1, 0.15) is 11.6 Å². The predicted octanol–water partition coefficient (Wildman–Crippen LogP) is 0.290. The first-order chi connectivity index (χ1) is 9.76. The molecule has 0 fully saturated rings. The van der Waals surface area contributed by atoms with Crippen molar-refractivity contribution in [2.24, 2.45) is 13.0 Å². The highest BCUT2D eigenvalue weighted by atomic mass is 16.5. The van der Waals surface area contributed by atoms with E-state index in [1.807, 2.05) is 24.1 Å². The van der Waals surface area contributed by atoms with E-state index in [1.165, 1.54) is 0 Å². The molecule has 0 bridgehead atoms. The molecule has 3 heterocycles. The molecular formula is C13H20N6O. The van der Waals surface area contributed by atoms with E-state index >= 15 is 0 Å². The predicted molar refractivity (Wildman–Crippen MR) is 72.7 cm³/mol. The summed E-state index contributed by atoms with van der Waals surface area (Å²) in [5.41, 5.74) is 0. The van der Waals surface area contributed by atoms with Crippen LogP contribution in [0.25, 0.3) is 0 Å². The van der Waals surface area contributed by atoms with Gasteiger partial charge in [0, 0.05) is 45.6 Å². The molecule has 7 heteroatoms. The van der Waals surface area contributed by atoms with Crippen molar-refractivity contribution in [1.29, 1.82) is 0 Å². The van der Waals surface area contributed by atoms with Crippen LogP contribution in [-0.2, 0) is 31.4 Å². The third kappa shape index (κ3) is 2.73. The van der Waals surface area contributed by atoms with Crippen molar-refractivity contribution in [3.8, 4) is 0 Å². The van der Waals surface area contributed by atoms with Gasteiger partial charge in [-0.3, -0.25) is 4.90 Å². The molecule has 0 aliphatic carbocycles. The molecule has 2 aromatic heterocycles. The molecular weight excluding hydrogens is 256 g/mol. The Morgan fingerprint density at radius 1 is 1.35 bits per heavy atom. The maximum absolute atomic E-state index is 5.33. The number of hydrogen-bond donors (Lipinski definition) is 0. The largest absolute Gasteiger partial charge is 0.384 e.